The molecule has 1 N–H and O–H groups in total. The van der Waals surface area contributed by atoms with Gasteiger partial charge in [0.1, 0.15) is 6.61 Å². The number of hydrogen-bond acceptors (Lipinski definition) is 4. The zero-order valence-electron chi connectivity index (χ0n) is 11.7. The molecule has 2 aromatic carbocycles. The summed E-state index contributed by atoms with van der Waals surface area (Å²) in [6.45, 7) is 0.177. The van der Waals surface area contributed by atoms with Gasteiger partial charge in [0.15, 0.2) is 11.5 Å². The first-order valence-corrected chi connectivity index (χ1v) is 6.46. The smallest absolute Gasteiger partial charge is 0.338 e. The van der Waals surface area contributed by atoms with Crippen molar-refractivity contribution in [1.82, 2.24) is 0 Å². The third-order valence-electron chi connectivity index (χ3n) is 2.84. The molecule has 2 aromatic rings. The molecule has 0 heterocycles. The number of phenolic OH excluding ortho intramolecular Hbond substituents is 1. The highest BCUT2D eigenvalue weighted by atomic mass is 16.5. The van der Waals surface area contributed by atoms with E-state index >= 15 is 0 Å². The lowest BCUT2D eigenvalue weighted by atomic mass is 10.2. The second-order valence-corrected chi connectivity index (χ2v) is 4.30. The highest BCUT2D eigenvalue weighted by molar-refractivity contribution is 5.90. The Morgan fingerprint density at radius 2 is 1.95 bits per heavy atom. The summed E-state index contributed by atoms with van der Waals surface area (Å²) in [6.07, 6.45) is 3.65. The van der Waals surface area contributed by atoms with Crippen molar-refractivity contribution in [3.8, 4) is 11.5 Å². The third kappa shape index (κ3) is 4.11. The summed E-state index contributed by atoms with van der Waals surface area (Å²) in [6, 6.07) is 14.1. The second kappa shape index (κ2) is 7.14. The van der Waals surface area contributed by atoms with Crippen LogP contribution in [0.2, 0.25) is 0 Å². The summed E-state index contributed by atoms with van der Waals surface area (Å²) < 4.78 is 10.1. The highest BCUT2D eigenvalue weighted by Crippen LogP contribution is 2.26. The largest absolute Gasteiger partial charge is 0.504 e. The van der Waals surface area contributed by atoms with Crippen LogP contribution in [0.4, 0.5) is 0 Å². The molecule has 0 amide bonds. The Bertz CT molecular complexity index is 632. The van der Waals surface area contributed by atoms with Gasteiger partial charge in [0.2, 0.25) is 0 Å². The topological polar surface area (TPSA) is 55.8 Å². The zero-order valence-corrected chi connectivity index (χ0v) is 11.7. The normalized spacial score (nSPS) is 10.5. The van der Waals surface area contributed by atoms with E-state index in [0.717, 1.165) is 5.56 Å². The molecule has 0 atom stereocenters. The summed E-state index contributed by atoms with van der Waals surface area (Å²) in [7, 11) is 1.42. The van der Waals surface area contributed by atoms with Gasteiger partial charge in [-0.05, 0) is 29.8 Å². The molecule has 0 aromatic heterocycles. The van der Waals surface area contributed by atoms with Crippen molar-refractivity contribution in [1.29, 1.82) is 0 Å². The van der Waals surface area contributed by atoms with Crippen LogP contribution in [0, 0.1) is 0 Å². The van der Waals surface area contributed by atoms with Crippen LogP contribution in [0.1, 0.15) is 15.9 Å². The van der Waals surface area contributed by atoms with Gasteiger partial charge in [-0.1, -0.05) is 36.4 Å². The van der Waals surface area contributed by atoms with Crippen LogP contribution >= 0.6 is 0 Å². The zero-order chi connectivity index (χ0) is 15.1. The van der Waals surface area contributed by atoms with Crippen molar-refractivity contribution in [2.75, 3.05) is 13.7 Å². The van der Waals surface area contributed by atoms with Gasteiger partial charge in [-0.25, -0.2) is 4.79 Å². The fourth-order valence-corrected chi connectivity index (χ4v) is 1.76. The molecular formula is C17H16O4. The van der Waals surface area contributed by atoms with E-state index in [1.54, 1.807) is 6.08 Å². The Labute approximate surface area is 123 Å². The van der Waals surface area contributed by atoms with Gasteiger partial charge in [-0.3, -0.25) is 0 Å². The lowest BCUT2D eigenvalue weighted by Gasteiger charge is -2.06. The van der Waals surface area contributed by atoms with E-state index < -0.39 is 5.97 Å². The molecule has 21 heavy (non-hydrogen) atoms. The maximum atomic E-state index is 11.8. The minimum absolute atomic E-state index is 0.0157. The van der Waals surface area contributed by atoms with Gasteiger partial charge < -0.3 is 14.6 Å². The van der Waals surface area contributed by atoms with E-state index in [9.17, 15) is 9.90 Å². The van der Waals surface area contributed by atoms with E-state index in [2.05, 4.69) is 0 Å². The molecule has 0 saturated heterocycles. The molecule has 0 fully saturated rings. The molecule has 0 aliphatic carbocycles. The van der Waals surface area contributed by atoms with Gasteiger partial charge in [0.05, 0.1) is 12.7 Å². The van der Waals surface area contributed by atoms with Gasteiger partial charge in [-0.2, -0.15) is 0 Å². The lowest BCUT2D eigenvalue weighted by Crippen LogP contribution is -2.05. The van der Waals surface area contributed by atoms with Crippen LogP contribution in [0.25, 0.3) is 6.08 Å². The minimum Gasteiger partial charge on any atom is -0.504 e. The quantitative estimate of drug-likeness (QED) is 0.856. The molecule has 4 heteroatoms. The standard InChI is InChI=1S/C17H16O4/c1-20-16-12-14(9-10-15(16)18)17(19)21-11-5-8-13-6-3-2-4-7-13/h2-10,12,18H,11H2,1H3. The molecule has 0 bridgehead atoms. The summed E-state index contributed by atoms with van der Waals surface area (Å²) in [4.78, 5) is 11.8. The van der Waals surface area contributed by atoms with Gasteiger partial charge in [0, 0.05) is 0 Å². The average molecular weight is 284 g/mol. The highest BCUT2D eigenvalue weighted by Gasteiger charge is 2.10. The molecule has 0 aliphatic rings. The van der Waals surface area contributed by atoms with E-state index in [0.29, 0.717) is 5.56 Å². The number of aromatic hydroxyl groups is 1. The molecule has 108 valence electrons. The van der Waals surface area contributed by atoms with Crippen molar-refractivity contribution in [3.05, 3.63) is 65.7 Å². The monoisotopic (exact) mass is 284 g/mol. The second-order valence-electron chi connectivity index (χ2n) is 4.30. The Balaban J connectivity index is 1.92. The number of carbonyl (C=O) groups excluding carboxylic acids is 1. The maximum Gasteiger partial charge on any atom is 0.338 e. The Morgan fingerprint density at radius 1 is 1.19 bits per heavy atom. The average Bonchev–Trinajstić information content (AvgIpc) is 2.53. The Morgan fingerprint density at radius 3 is 2.67 bits per heavy atom. The first-order chi connectivity index (χ1) is 10.2. The molecule has 0 spiro atoms. The molecular weight excluding hydrogens is 268 g/mol. The van der Waals surface area contributed by atoms with Crippen molar-refractivity contribution < 1.29 is 19.4 Å². The van der Waals surface area contributed by atoms with E-state index in [4.69, 9.17) is 9.47 Å². The molecule has 0 unspecified atom stereocenters. The fourth-order valence-electron chi connectivity index (χ4n) is 1.76. The van der Waals surface area contributed by atoms with E-state index in [-0.39, 0.29) is 18.1 Å². The van der Waals surface area contributed by atoms with Gasteiger partial charge in [-0.15, -0.1) is 0 Å². The third-order valence-corrected chi connectivity index (χ3v) is 2.84. The fraction of sp³-hybridized carbons (Fsp3) is 0.118. The van der Waals surface area contributed by atoms with Crippen LogP contribution in [-0.4, -0.2) is 24.8 Å². The van der Waals surface area contributed by atoms with Crippen LogP contribution in [0.3, 0.4) is 0 Å². The van der Waals surface area contributed by atoms with Crippen LogP contribution in [0.5, 0.6) is 11.5 Å². The first-order valence-electron chi connectivity index (χ1n) is 6.46. The molecule has 0 saturated carbocycles. The van der Waals surface area contributed by atoms with Crippen molar-refractivity contribution in [2.24, 2.45) is 0 Å². The van der Waals surface area contributed by atoms with Crippen LogP contribution < -0.4 is 4.74 Å². The van der Waals surface area contributed by atoms with Crippen molar-refractivity contribution in [3.63, 3.8) is 0 Å². The predicted octanol–water partition coefficient (Wildman–Crippen LogP) is 3.27. The number of benzene rings is 2. The van der Waals surface area contributed by atoms with Crippen molar-refractivity contribution in [2.45, 2.75) is 0 Å². The SMILES string of the molecule is COc1cc(C(=O)OCC=Cc2ccccc2)ccc1O. The molecule has 2 rings (SSSR count). The number of phenols is 1. The number of carbonyl (C=O) groups is 1. The van der Waals surface area contributed by atoms with E-state index in [1.165, 1.54) is 25.3 Å². The summed E-state index contributed by atoms with van der Waals surface area (Å²) in [5.41, 5.74) is 1.37. The summed E-state index contributed by atoms with van der Waals surface area (Å²) >= 11 is 0. The first kappa shape index (κ1) is 14.7. The number of ether oxygens (including phenoxy) is 2. The molecule has 0 aliphatic heterocycles. The summed E-state index contributed by atoms with van der Waals surface area (Å²) in [5, 5.41) is 9.47. The maximum absolute atomic E-state index is 11.8. The molecule has 4 nitrogen and oxygen atoms in total. The Hall–Kier alpha value is -2.75. The van der Waals surface area contributed by atoms with Crippen molar-refractivity contribution >= 4 is 12.0 Å². The predicted molar refractivity (Wildman–Crippen MR) is 80.4 cm³/mol. The number of rotatable bonds is 5. The van der Waals surface area contributed by atoms with Gasteiger partial charge in [0.25, 0.3) is 0 Å². The summed E-state index contributed by atoms with van der Waals surface area (Å²) in [5.74, 6) is -0.242. The van der Waals surface area contributed by atoms with Crippen LogP contribution in [-0.2, 0) is 4.74 Å². The van der Waals surface area contributed by atoms with Crippen LogP contribution in [0.15, 0.2) is 54.6 Å². The number of methoxy groups -OCH3 is 1. The molecule has 0 radical (unpaired) electrons. The van der Waals surface area contributed by atoms with Gasteiger partial charge >= 0.3 is 5.97 Å². The number of hydrogen-bond donors (Lipinski definition) is 1. The lowest BCUT2D eigenvalue weighted by molar-refractivity contribution is 0.0549. The number of esters is 1. The minimum atomic E-state index is -0.467. The Kier molecular flexibility index (Phi) is 4.99. The van der Waals surface area contributed by atoms with E-state index in [1.807, 2.05) is 36.4 Å².